The van der Waals surface area contributed by atoms with Crippen LogP contribution in [0.5, 0.6) is 40.2 Å². The lowest BCUT2D eigenvalue weighted by Gasteiger charge is -2.43. The van der Waals surface area contributed by atoms with Crippen molar-refractivity contribution in [3.8, 4) is 51.4 Å². The highest BCUT2D eigenvalue weighted by molar-refractivity contribution is 7.70. The zero-order chi connectivity index (χ0) is 88.4. The summed E-state index contributed by atoms with van der Waals surface area (Å²) < 4.78 is 62.5. The number of rotatable bonds is 31. The maximum atomic E-state index is 12.8. The molecule has 0 unspecified atom stereocenters. The molecule has 0 aliphatic carbocycles. The van der Waals surface area contributed by atoms with E-state index in [1.54, 1.807) is 32.6 Å². The van der Waals surface area contributed by atoms with Gasteiger partial charge in [0.1, 0.15) is 66.6 Å². The van der Waals surface area contributed by atoms with E-state index < -0.39 is 27.7 Å². The lowest BCUT2D eigenvalue weighted by atomic mass is 10.0. The van der Waals surface area contributed by atoms with Gasteiger partial charge in [0.25, 0.3) is 0 Å². The van der Waals surface area contributed by atoms with Gasteiger partial charge in [0.2, 0.25) is 17.4 Å². The van der Waals surface area contributed by atoms with Gasteiger partial charge in [0.15, 0.2) is 11.6 Å². The maximum Gasteiger partial charge on any atom is 0.313 e. The van der Waals surface area contributed by atoms with Crippen LogP contribution in [-0.2, 0) is 15.8 Å². The molecular weight excluding hydrogens is 1770 g/mol. The third kappa shape index (κ3) is 47.4. The monoisotopic (exact) mass is 1930 g/mol. The molecule has 29 nitrogen and oxygen atoms in total. The summed E-state index contributed by atoms with van der Waals surface area (Å²) in [4.78, 5) is 61.3. The molecule has 130 heavy (non-hydrogen) atoms. The number of methoxy groups -OCH3 is 4. The molecule has 0 aliphatic heterocycles. The third-order valence-corrected chi connectivity index (χ3v) is 22.1. The van der Waals surface area contributed by atoms with Crippen LogP contribution in [0.4, 0.5) is 50.0 Å². The molecule has 0 bridgehead atoms. The molecule has 0 saturated carbocycles. The van der Waals surface area contributed by atoms with Crippen LogP contribution in [0.1, 0.15) is 149 Å². The normalized spacial score (nSPS) is 9.94. The fourth-order valence-corrected chi connectivity index (χ4v) is 16.7. The largest absolute Gasteiger partial charge is 0.496 e. The Balaban J connectivity index is -0.000000151. The van der Waals surface area contributed by atoms with Gasteiger partial charge in [-0.15, -0.1) is 0 Å². The van der Waals surface area contributed by atoms with Gasteiger partial charge < -0.3 is 83.7 Å². The number of carbonyl (C=O) groups excluding carboxylic acids is 1. The van der Waals surface area contributed by atoms with Crippen molar-refractivity contribution in [2.75, 3.05) is 186 Å². The Hall–Kier alpha value is -9.71. The van der Waals surface area contributed by atoms with Crippen LogP contribution in [0.3, 0.4) is 0 Å². The Labute approximate surface area is 798 Å². The zero-order valence-electron chi connectivity index (χ0n) is 70.8. The summed E-state index contributed by atoms with van der Waals surface area (Å²) in [5.74, 6) is 1.65. The molecule has 0 fully saturated rings. The number of ether oxygens (including phenoxy) is 7. The highest BCUT2D eigenvalue weighted by Gasteiger charge is 2.37. The number of nitro groups is 3. The Morgan fingerprint density at radius 2 is 0.938 bits per heavy atom. The smallest absolute Gasteiger partial charge is 0.313 e. The van der Waals surface area contributed by atoms with Crippen LogP contribution in [0.2, 0.25) is 15.1 Å². The molecule has 0 spiro atoms. The Morgan fingerprint density at radius 1 is 0.538 bits per heavy atom. The van der Waals surface area contributed by atoms with Gasteiger partial charge in [0.05, 0.1) is 83.1 Å². The number of anilines is 5. The van der Waals surface area contributed by atoms with Crippen LogP contribution in [0.15, 0.2) is 140 Å². The molecule has 1 heterocycles. The topological polar surface area (TPSA) is 340 Å². The Kier molecular flexibility index (Phi) is 76.3. The number of nitrogens with zero attached hydrogens (tertiary/aromatic N) is 10. The fraction of sp³-hybridized carbons (Fsp3) is 0.484. The van der Waals surface area contributed by atoms with E-state index in [9.17, 15) is 44.1 Å². The summed E-state index contributed by atoms with van der Waals surface area (Å²) in [5.41, 5.74) is 11.1. The van der Waals surface area contributed by atoms with Crippen LogP contribution in [-0.4, -0.2) is 231 Å². The summed E-state index contributed by atoms with van der Waals surface area (Å²) in [6.45, 7) is 25.7. The van der Waals surface area contributed by atoms with E-state index in [0.717, 1.165) is 37.3 Å². The summed E-state index contributed by atoms with van der Waals surface area (Å²) in [5, 5.41) is 49.1. The molecule has 8 rings (SSSR count). The quantitative estimate of drug-likeness (QED) is 0.0103. The molecule has 0 radical (unpaired) electrons. The number of halogens is 4. The molecule has 0 atom stereocenters. The molecule has 8 aromatic rings. The summed E-state index contributed by atoms with van der Waals surface area (Å²) in [6, 6.07) is 35.7. The predicted octanol–water partition coefficient (Wildman–Crippen LogP) is 24.4. The molecule has 5 N–H and O–H groups in total. The molecule has 0 aliphatic rings. The number of hydrogen-bond donors (Lipinski definition) is 4. The Morgan fingerprint density at radius 3 is 1.36 bits per heavy atom. The highest BCUT2D eigenvalue weighted by Crippen LogP contribution is 2.60. The van der Waals surface area contributed by atoms with E-state index in [1.165, 1.54) is 80.0 Å². The number of likely N-dealkylation sites (N-methyl/N-ethyl adjacent to an activating group) is 4. The minimum absolute atomic E-state index is 0. The van der Waals surface area contributed by atoms with E-state index in [0.29, 0.717) is 82.7 Å². The van der Waals surface area contributed by atoms with Crippen LogP contribution in [0.25, 0.3) is 11.1 Å². The minimum atomic E-state index is -2.55. The number of aromatic nitrogens is 2. The first-order valence-electron chi connectivity index (χ1n) is 36.4. The lowest BCUT2D eigenvalue weighted by molar-refractivity contribution is -0.385. The van der Waals surface area contributed by atoms with Crippen molar-refractivity contribution in [2.45, 2.75) is 155 Å². The van der Waals surface area contributed by atoms with Crippen LogP contribution < -0.4 is 65.0 Å². The van der Waals surface area contributed by atoms with Gasteiger partial charge in [-0.1, -0.05) is 242 Å². The third-order valence-electron chi connectivity index (χ3n) is 16.2. The molecule has 0 saturated heterocycles. The van der Waals surface area contributed by atoms with Gasteiger partial charge >= 0.3 is 17.1 Å². The fourth-order valence-electron chi connectivity index (χ4n) is 11.0. The number of nitrogens with two attached hydrogens (primary N) is 1. The number of aliphatic hydroxyl groups is 1. The van der Waals surface area contributed by atoms with Gasteiger partial charge in [0, 0.05) is 111 Å². The first-order chi connectivity index (χ1) is 54.8. The van der Waals surface area contributed by atoms with Crippen molar-refractivity contribution in [1.82, 2.24) is 29.6 Å². The molecule has 35 heteroatoms. The van der Waals surface area contributed by atoms with Gasteiger partial charge in [-0.3, -0.25) is 35.1 Å². The van der Waals surface area contributed by atoms with E-state index in [1.807, 2.05) is 100 Å². The average Bonchev–Trinajstić information content (AvgIpc) is 0.767. The number of aliphatic hydroxyl groups excluding tert-OH is 1. The van der Waals surface area contributed by atoms with Gasteiger partial charge in [-0.2, -0.15) is 0 Å². The minimum Gasteiger partial charge on any atom is -0.496 e. The number of para-hydroxylation sites is 2. The second-order valence-corrected chi connectivity index (χ2v) is 37.6. The van der Waals surface area contributed by atoms with Crippen molar-refractivity contribution < 1.29 is 66.8 Å². The van der Waals surface area contributed by atoms with Crippen molar-refractivity contribution in [1.29, 1.82) is 0 Å². The molecule has 1 amide bonds. The molecule has 7 aromatic carbocycles. The lowest BCUT2D eigenvalue weighted by Crippen LogP contribution is -2.32. The SMILES string of the molecule is C.C.C.C.C.C.C.C.C.C.C.C.C.C=CC(=O)Nc1cc(Cc2ncc(Cl)c(Nc3ccccc3P(C)(C)=O)n2)c(OC)cc1OCCN(C)C.CN(C)CCO.CN(C)c1ccccc1-c1ccccc1P(C(C)(C)C)C(C)(C)C.COc1cc(F)c(Cl)cc1[N+](=O)[O-].COc1cc(OCCN(C)C)c(Cl)cc1[N+](=O)[O-].COc1cc(OCCN(C)C)c(N)cc1[N+](=O)[O-]. The van der Waals surface area contributed by atoms with Crippen molar-refractivity contribution >= 4 is 112 Å². The van der Waals surface area contributed by atoms with Crippen molar-refractivity contribution in [3.05, 3.63) is 203 Å². The number of nitro benzene ring substituents is 3. The van der Waals surface area contributed by atoms with E-state index in [4.69, 9.17) is 74.1 Å². The number of nitrogens with one attached hydrogen (secondary N) is 2. The maximum absolute atomic E-state index is 12.8. The standard InChI is InChI=1S/C27H33ClN5O4P.C22H32NP.C11H15ClN2O4.C11H17N3O4.C7H5ClFNO3.C4H11NO.13CH4/c1-7-26(34)30-21-14-18(22(36-4)16-23(21)37-13-12-33(2)3)15-25-29-17-19(28)27(32-25)31-20-10-8-9-11-24(20)38(5,6)35;1-21(2,3)24(22(4,5)6)20-16-12-10-14-18(20)17-13-9-11-15-19(17)23(7)8;2*1-13(2)4-5-18-10-7-11(17-3)9(14(15)16)6-8(10)12;1-13-7-3-5(9)4(8)2-6(7)10(11)12;1-5(2)3-4-6;;;;;;;;;;;;;/h7-11,14,16-17H,1,12-13,15H2,2-6H3,(H,30,34)(H,29,31,32);9-16H,1-8H3;6-7H,4-5H2,1-3H3;6-7H,4-5,12H2,1-3H3;2-3H,1H3;6H,3-4H2,1-2H3;13*1H4. The molecule has 744 valence electrons. The van der Waals surface area contributed by atoms with E-state index in [-0.39, 0.29) is 184 Å². The van der Waals surface area contributed by atoms with Crippen LogP contribution >= 0.6 is 49.9 Å². The van der Waals surface area contributed by atoms with Crippen LogP contribution in [0, 0.1) is 36.2 Å². The molecule has 1 aromatic heterocycles. The number of nitrogen functional groups attached to an aromatic ring is 1. The van der Waals surface area contributed by atoms with Crippen molar-refractivity contribution in [2.24, 2.45) is 0 Å². The first-order valence-corrected chi connectivity index (χ1v) is 41.5. The first kappa shape index (κ1) is 143. The van der Waals surface area contributed by atoms with Gasteiger partial charge in [-0.05, 0) is 121 Å². The zero-order valence-corrected chi connectivity index (χ0v) is 74.9. The number of amides is 1. The summed E-state index contributed by atoms with van der Waals surface area (Å²) in [6.07, 6.45) is 2.99. The predicted molar refractivity (Wildman–Crippen MR) is 561 cm³/mol. The average molecular weight is 1930 g/mol. The van der Waals surface area contributed by atoms with Crippen molar-refractivity contribution in [3.63, 3.8) is 0 Å². The Bertz CT molecular complexity index is 4540. The summed E-state index contributed by atoms with van der Waals surface area (Å²) >= 11 is 17.7. The second kappa shape index (κ2) is 69.2. The second-order valence-electron chi connectivity index (χ2n) is 29.3. The van der Waals surface area contributed by atoms with E-state index in [2.05, 4.69) is 141 Å². The number of benzene rings is 7. The number of hydrogen-bond acceptors (Lipinski definition) is 25. The van der Waals surface area contributed by atoms with E-state index >= 15 is 0 Å². The summed E-state index contributed by atoms with van der Waals surface area (Å²) in [7, 11) is 22.3. The van der Waals surface area contributed by atoms with Gasteiger partial charge in [-0.25, -0.2) is 14.4 Å². The highest BCUT2D eigenvalue weighted by atomic mass is 35.5. The molecular formula is C95H165Cl3FN13O16P2. The number of carbonyl (C=O) groups is 1.